The summed E-state index contributed by atoms with van der Waals surface area (Å²) >= 11 is 0. The first-order valence-electron chi connectivity index (χ1n) is 6.68. The molecule has 1 aliphatic carbocycles. The highest BCUT2D eigenvalue weighted by Crippen LogP contribution is 2.38. The largest absolute Gasteiger partial charge is 0.397 e. The van der Waals surface area contributed by atoms with Crippen LogP contribution >= 0.6 is 0 Å². The number of fused-ring (bicyclic) bond motifs is 1. The minimum absolute atomic E-state index is 0.585. The molecule has 1 saturated carbocycles. The minimum atomic E-state index is 0.585. The molecule has 3 N–H and O–H groups in total. The normalized spacial score (nSPS) is 17.1. The van der Waals surface area contributed by atoms with E-state index in [1.807, 2.05) is 12.3 Å². The van der Waals surface area contributed by atoms with Gasteiger partial charge in [0.15, 0.2) is 0 Å². The zero-order chi connectivity index (χ0) is 12.5. The second-order valence-corrected chi connectivity index (χ2v) is 5.19. The lowest BCUT2D eigenvalue weighted by molar-refractivity contribution is 0.430. The first-order chi connectivity index (χ1) is 8.77. The molecule has 2 aromatic heterocycles. The molecule has 0 saturated heterocycles. The van der Waals surface area contributed by atoms with Crippen molar-refractivity contribution >= 4 is 22.3 Å². The quantitative estimate of drug-likeness (QED) is 0.841. The maximum absolute atomic E-state index is 6.12. The number of aromatic nitrogens is 2. The van der Waals surface area contributed by atoms with E-state index in [1.54, 1.807) is 6.20 Å². The fraction of sp³-hybridized carbons (Fsp3) is 0.400. The molecule has 0 aliphatic heterocycles. The number of nitrogen functional groups attached to an aromatic ring is 1. The van der Waals surface area contributed by atoms with Crippen molar-refractivity contribution in [3.8, 4) is 0 Å². The molecule has 3 nitrogen and oxygen atoms in total. The topological polar surface area (TPSA) is 54.7 Å². The summed E-state index contributed by atoms with van der Waals surface area (Å²) in [6.45, 7) is 4.32. The Bertz CT molecular complexity index is 576. The van der Waals surface area contributed by atoms with Crippen LogP contribution in [-0.2, 0) is 0 Å². The Kier molecular flexibility index (Phi) is 2.82. The van der Waals surface area contributed by atoms with Crippen LogP contribution in [0.4, 0.5) is 5.69 Å². The third-order valence-corrected chi connectivity index (χ3v) is 4.04. The molecule has 0 spiro atoms. The summed E-state index contributed by atoms with van der Waals surface area (Å²) in [6, 6.07) is 2.04. The number of nitrogens with one attached hydrogen (secondary N) is 1. The standard InChI is InChI=1S/C15H19N3/c1-10(11-5-3-2-4-6-11)14-12-7-8-17-15(12)18-9-13(14)16/h7-9,11H,1-6,16H2,(H,17,18). The zero-order valence-corrected chi connectivity index (χ0v) is 10.6. The molecule has 94 valence electrons. The van der Waals surface area contributed by atoms with Crippen LogP contribution in [0.25, 0.3) is 16.6 Å². The van der Waals surface area contributed by atoms with Gasteiger partial charge in [0.05, 0.1) is 11.9 Å². The van der Waals surface area contributed by atoms with Crippen LogP contribution in [0.1, 0.15) is 37.7 Å². The molecule has 2 heterocycles. The van der Waals surface area contributed by atoms with Crippen molar-refractivity contribution in [2.75, 3.05) is 5.73 Å². The van der Waals surface area contributed by atoms with Gasteiger partial charge >= 0.3 is 0 Å². The summed E-state index contributed by atoms with van der Waals surface area (Å²) in [4.78, 5) is 7.44. The number of aromatic amines is 1. The number of rotatable bonds is 2. The summed E-state index contributed by atoms with van der Waals surface area (Å²) < 4.78 is 0. The average Bonchev–Trinajstić information content (AvgIpc) is 2.87. The maximum atomic E-state index is 6.12. The third-order valence-electron chi connectivity index (χ3n) is 4.04. The van der Waals surface area contributed by atoms with E-state index in [9.17, 15) is 0 Å². The fourth-order valence-electron chi connectivity index (χ4n) is 3.04. The van der Waals surface area contributed by atoms with Crippen molar-refractivity contribution in [3.05, 3.63) is 30.6 Å². The van der Waals surface area contributed by atoms with Crippen molar-refractivity contribution in [1.82, 2.24) is 9.97 Å². The number of anilines is 1. The van der Waals surface area contributed by atoms with Crippen LogP contribution in [0.3, 0.4) is 0 Å². The number of hydrogen-bond donors (Lipinski definition) is 2. The number of nitrogens with two attached hydrogens (primary N) is 1. The van der Waals surface area contributed by atoms with Crippen LogP contribution in [0.15, 0.2) is 25.0 Å². The van der Waals surface area contributed by atoms with Crippen molar-refractivity contribution in [2.24, 2.45) is 5.92 Å². The highest BCUT2D eigenvalue weighted by molar-refractivity contribution is 5.95. The molecule has 0 unspecified atom stereocenters. The van der Waals surface area contributed by atoms with Crippen molar-refractivity contribution in [2.45, 2.75) is 32.1 Å². The second-order valence-electron chi connectivity index (χ2n) is 5.19. The van der Waals surface area contributed by atoms with Crippen LogP contribution in [0.2, 0.25) is 0 Å². The van der Waals surface area contributed by atoms with Gasteiger partial charge in [0, 0.05) is 17.1 Å². The molecule has 1 aliphatic rings. The van der Waals surface area contributed by atoms with Gasteiger partial charge in [-0.05, 0) is 30.4 Å². The average molecular weight is 241 g/mol. The van der Waals surface area contributed by atoms with Gasteiger partial charge in [-0.1, -0.05) is 25.8 Å². The Morgan fingerprint density at radius 3 is 2.89 bits per heavy atom. The molecule has 3 heteroatoms. The van der Waals surface area contributed by atoms with E-state index in [2.05, 4.69) is 16.5 Å². The van der Waals surface area contributed by atoms with Crippen molar-refractivity contribution in [3.63, 3.8) is 0 Å². The SMILES string of the molecule is C=C(c1c(N)cnc2[nH]ccc12)C1CCCCC1. The Morgan fingerprint density at radius 2 is 2.11 bits per heavy atom. The predicted molar refractivity (Wildman–Crippen MR) is 76.1 cm³/mol. The summed E-state index contributed by atoms with van der Waals surface area (Å²) in [5.74, 6) is 0.585. The van der Waals surface area contributed by atoms with Crippen LogP contribution < -0.4 is 5.73 Å². The van der Waals surface area contributed by atoms with Gasteiger partial charge in [-0.2, -0.15) is 0 Å². The van der Waals surface area contributed by atoms with Gasteiger partial charge in [-0.3, -0.25) is 0 Å². The monoisotopic (exact) mass is 241 g/mol. The van der Waals surface area contributed by atoms with Gasteiger partial charge in [0.25, 0.3) is 0 Å². The van der Waals surface area contributed by atoms with E-state index in [1.165, 1.54) is 37.7 Å². The first kappa shape index (κ1) is 11.3. The van der Waals surface area contributed by atoms with Gasteiger partial charge in [0.1, 0.15) is 5.65 Å². The van der Waals surface area contributed by atoms with Crippen molar-refractivity contribution in [1.29, 1.82) is 0 Å². The molecule has 2 aromatic rings. The molecule has 0 aromatic carbocycles. The Balaban J connectivity index is 2.04. The van der Waals surface area contributed by atoms with E-state index in [0.717, 1.165) is 22.3 Å². The Hall–Kier alpha value is -1.77. The number of nitrogens with zero attached hydrogens (tertiary/aromatic N) is 1. The van der Waals surface area contributed by atoms with E-state index < -0.39 is 0 Å². The summed E-state index contributed by atoms with van der Waals surface area (Å²) in [5, 5.41) is 1.10. The minimum Gasteiger partial charge on any atom is -0.397 e. The summed E-state index contributed by atoms with van der Waals surface area (Å²) in [6.07, 6.45) is 10.1. The molecule has 0 bridgehead atoms. The predicted octanol–water partition coefficient (Wildman–Crippen LogP) is 3.74. The highest BCUT2D eigenvalue weighted by Gasteiger charge is 2.21. The van der Waals surface area contributed by atoms with Crippen molar-refractivity contribution < 1.29 is 0 Å². The second kappa shape index (κ2) is 4.48. The molecule has 0 atom stereocenters. The smallest absolute Gasteiger partial charge is 0.137 e. The lowest BCUT2D eigenvalue weighted by Crippen LogP contribution is -2.09. The molecule has 1 fully saturated rings. The Labute approximate surface area is 107 Å². The molecule has 3 rings (SSSR count). The molecule has 0 amide bonds. The van der Waals surface area contributed by atoms with Crippen LogP contribution in [0, 0.1) is 5.92 Å². The molecular formula is C15H19N3. The van der Waals surface area contributed by atoms with Gasteiger partial charge in [0.2, 0.25) is 0 Å². The van der Waals surface area contributed by atoms with Gasteiger partial charge in [-0.25, -0.2) is 4.98 Å². The lowest BCUT2D eigenvalue weighted by Gasteiger charge is -2.25. The maximum Gasteiger partial charge on any atom is 0.137 e. The number of H-pyrrole nitrogens is 1. The van der Waals surface area contributed by atoms with E-state index in [4.69, 9.17) is 5.73 Å². The van der Waals surface area contributed by atoms with Crippen LogP contribution in [-0.4, -0.2) is 9.97 Å². The highest BCUT2D eigenvalue weighted by atomic mass is 14.8. The van der Waals surface area contributed by atoms with E-state index >= 15 is 0 Å². The number of pyridine rings is 1. The molecule has 18 heavy (non-hydrogen) atoms. The van der Waals surface area contributed by atoms with Gasteiger partial charge in [-0.15, -0.1) is 0 Å². The fourth-order valence-corrected chi connectivity index (χ4v) is 3.04. The summed E-state index contributed by atoms with van der Waals surface area (Å²) in [5.41, 5.74) is 10.1. The third kappa shape index (κ3) is 1.80. The zero-order valence-electron chi connectivity index (χ0n) is 10.6. The molecular weight excluding hydrogens is 222 g/mol. The lowest BCUT2D eigenvalue weighted by atomic mass is 9.81. The number of hydrogen-bond acceptors (Lipinski definition) is 2. The van der Waals surface area contributed by atoms with E-state index in [0.29, 0.717) is 5.92 Å². The Morgan fingerprint density at radius 1 is 1.33 bits per heavy atom. The number of allylic oxidation sites excluding steroid dienone is 1. The van der Waals surface area contributed by atoms with Crippen LogP contribution in [0.5, 0.6) is 0 Å². The van der Waals surface area contributed by atoms with Gasteiger partial charge < -0.3 is 10.7 Å². The van der Waals surface area contributed by atoms with E-state index in [-0.39, 0.29) is 0 Å². The summed E-state index contributed by atoms with van der Waals surface area (Å²) in [7, 11) is 0. The first-order valence-corrected chi connectivity index (χ1v) is 6.68. The molecule has 0 radical (unpaired) electrons.